The van der Waals surface area contributed by atoms with E-state index in [9.17, 15) is 9.59 Å². The zero-order valence-electron chi connectivity index (χ0n) is 18.1. The van der Waals surface area contributed by atoms with Crippen LogP contribution in [0.4, 0.5) is 5.82 Å². The van der Waals surface area contributed by atoms with E-state index in [0.717, 1.165) is 17.1 Å². The summed E-state index contributed by atoms with van der Waals surface area (Å²) in [6, 6.07) is 13.9. The van der Waals surface area contributed by atoms with Crippen molar-refractivity contribution in [1.29, 1.82) is 0 Å². The molecule has 1 fully saturated rings. The van der Waals surface area contributed by atoms with Gasteiger partial charge in [0.15, 0.2) is 5.82 Å². The molecule has 2 heterocycles. The Balaban J connectivity index is 1.55. The van der Waals surface area contributed by atoms with E-state index in [1.807, 2.05) is 54.3 Å². The third kappa shape index (κ3) is 5.55. The summed E-state index contributed by atoms with van der Waals surface area (Å²) in [7, 11) is 0. The lowest BCUT2D eigenvalue weighted by atomic mass is 10.1. The number of hydrogen-bond donors (Lipinski definition) is 0. The fraction of sp³-hybridized carbons (Fsp3) is 0.478. The van der Waals surface area contributed by atoms with E-state index < -0.39 is 0 Å². The Morgan fingerprint density at radius 2 is 1.70 bits per heavy atom. The van der Waals surface area contributed by atoms with Gasteiger partial charge < -0.3 is 14.7 Å². The minimum atomic E-state index is 0.0163. The van der Waals surface area contributed by atoms with Crippen molar-refractivity contribution in [2.75, 3.05) is 44.2 Å². The number of carbonyl (C=O) groups is 2. The quantitative estimate of drug-likeness (QED) is 0.703. The number of hydrogen-bond acceptors (Lipinski definition) is 5. The van der Waals surface area contributed by atoms with Crippen LogP contribution in [-0.4, -0.2) is 71.1 Å². The van der Waals surface area contributed by atoms with Crippen LogP contribution in [-0.2, 0) is 9.59 Å². The molecule has 0 unspecified atom stereocenters. The van der Waals surface area contributed by atoms with Gasteiger partial charge in [-0.2, -0.15) is 0 Å². The summed E-state index contributed by atoms with van der Waals surface area (Å²) in [5.41, 5.74) is 1.89. The van der Waals surface area contributed by atoms with E-state index in [0.29, 0.717) is 45.1 Å². The van der Waals surface area contributed by atoms with Crippen LogP contribution in [0.1, 0.15) is 27.2 Å². The summed E-state index contributed by atoms with van der Waals surface area (Å²) in [6.07, 6.45) is 0.422. The lowest BCUT2D eigenvalue weighted by Gasteiger charge is -2.36. The molecule has 2 aromatic rings. The van der Waals surface area contributed by atoms with Gasteiger partial charge in [-0.3, -0.25) is 9.59 Å². The number of rotatable bonds is 7. The van der Waals surface area contributed by atoms with Crippen LogP contribution in [0.25, 0.3) is 11.3 Å². The average molecular weight is 410 g/mol. The van der Waals surface area contributed by atoms with Crippen molar-refractivity contribution in [1.82, 2.24) is 20.0 Å². The SMILES string of the molecule is CCC(=O)N(CC(=O)N1CCN(c2ccc(-c3ccccc3)nn2)CC1)CC(C)C. The molecule has 0 saturated carbocycles. The molecule has 0 bridgehead atoms. The number of aromatic nitrogens is 2. The Morgan fingerprint density at radius 1 is 1.00 bits per heavy atom. The predicted molar refractivity (Wildman–Crippen MR) is 118 cm³/mol. The zero-order chi connectivity index (χ0) is 21.5. The molecule has 0 spiro atoms. The van der Waals surface area contributed by atoms with Gasteiger partial charge >= 0.3 is 0 Å². The second-order valence-electron chi connectivity index (χ2n) is 8.03. The lowest BCUT2D eigenvalue weighted by molar-refractivity contribution is -0.141. The molecule has 1 aliphatic heterocycles. The van der Waals surface area contributed by atoms with E-state index in [1.54, 1.807) is 4.90 Å². The van der Waals surface area contributed by atoms with E-state index in [-0.39, 0.29) is 18.4 Å². The maximum Gasteiger partial charge on any atom is 0.242 e. The van der Waals surface area contributed by atoms with Crippen molar-refractivity contribution >= 4 is 17.6 Å². The topological polar surface area (TPSA) is 69.6 Å². The minimum absolute atomic E-state index is 0.0163. The van der Waals surface area contributed by atoms with Crippen LogP contribution >= 0.6 is 0 Å². The highest BCUT2D eigenvalue weighted by atomic mass is 16.2. The Kier molecular flexibility index (Phi) is 7.38. The largest absolute Gasteiger partial charge is 0.352 e. The summed E-state index contributed by atoms with van der Waals surface area (Å²) in [4.78, 5) is 30.6. The molecular formula is C23H31N5O2. The highest BCUT2D eigenvalue weighted by molar-refractivity contribution is 5.85. The van der Waals surface area contributed by atoms with Gasteiger partial charge in [0.05, 0.1) is 12.2 Å². The summed E-state index contributed by atoms with van der Waals surface area (Å²) < 4.78 is 0. The summed E-state index contributed by atoms with van der Waals surface area (Å²) >= 11 is 0. The molecule has 1 aromatic carbocycles. The lowest BCUT2D eigenvalue weighted by Crippen LogP contribution is -2.52. The number of piperazine rings is 1. The van der Waals surface area contributed by atoms with Crippen molar-refractivity contribution in [3.8, 4) is 11.3 Å². The molecule has 1 aromatic heterocycles. The molecule has 1 saturated heterocycles. The van der Waals surface area contributed by atoms with Gasteiger partial charge in [0.25, 0.3) is 0 Å². The average Bonchev–Trinajstić information content (AvgIpc) is 2.78. The molecule has 0 radical (unpaired) electrons. The Morgan fingerprint density at radius 3 is 2.27 bits per heavy atom. The summed E-state index contributed by atoms with van der Waals surface area (Å²) in [5.74, 6) is 1.21. The van der Waals surface area contributed by atoms with Gasteiger partial charge in [-0.1, -0.05) is 51.1 Å². The summed E-state index contributed by atoms with van der Waals surface area (Å²) in [6.45, 7) is 9.38. The van der Waals surface area contributed by atoms with Crippen LogP contribution < -0.4 is 4.90 Å². The second-order valence-corrected chi connectivity index (χ2v) is 8.03. The molecule has 7 heteroatoms. The Hall–Kier alpha value is -2.96. The van der Waals surface area contributed by atoms with E-state index in [2.05, 4.69) is 28.9 Å². The minimum Gasteiger partial charge on any atom is -0.352 e. The van der Waals surface area contributed by atoms with Crippen LogP contribution in [0.3, 0.4) is 0 Å². The Bertz CT molecular complexity index is 830. The van der Waals surface area contributed by atoms with Gasteiger partial charge in [0, 0.05) is 44.7 Å². The number of amides is 2. The molecule has 7 nitrogen and oxygen atoms in total. The monoisotopic (exact) mass is 409 g/mol. The highest BCUT2D eigenvalue weighted by Crippen LogP contribution is 2.19. The standard InChI is InChI=1S/C23H31N5O2/c1-4-22(29)28(16-18(2)3)17-23(30)27-14-12-26(13-15-27)21-11-10-20(24-25-21)19-8-6-5-7-9-19/h5-11,18H,4,12-17H2,1-3H3. The van der Waals surface area contributed by atoms with Crippen LogP contribution in [0.15, 0.2) is 42.5 Å². The van der Waals surface area contributed by atoms with Gasteiger partial charge in [-0.05, 0) is 18.1 Å². The van der Waals surface area contributed by atoms with Gasteiger partial charge in [0.2, 0.25) is 11.8 Å². The maximum absolute atomic E-state index is 12.7. The van der Waals surface area contributed by atoms with Crippen molar-refractivity contribution in [3.05, 3.63) is 42.5 Å². The zero-order valence-corrected chi connectivity index (χ0v) is 18.1. The van der Waals surface area contributed by atoms with Crippen molar-refractivity contribution in [2.45, 2.75) is 27.2 Å². The second kappa shape index (κ2) is 10.2. The van der Waals surface area contributed by atoms with Crippen molar-refractivity contribution in [2.24, 2.45) is 5.92 Å². The smallest absolute Gasteiger partial charge is 0.242 e. The van der Waals surface area contributed by atoms with E-state index >= 15 is 0 Å². The maximum atomic E-state index is 12.7. The molecule has 2 amide bonds. The predicted octanol–water partition coefficient (Wildman–Crippen LogP) is 2.69. The third-order valence-corrected chi connectivity index (χ3v) is 5.24. The van der Waals surface area contributed by atoms with E-state index in [4.69, 9.17) is 0 Å². The first-order chi connectivity index (χ1) is 14.5. The molecule has 0 aliphatic carbocycles. The van der Waals surface area contributed by atoms with Crippen LogP contribution in [0.2, 0.25) is 0 Å². The molecular weight excluding hydrogens is 378 g/mol. The first-order valence-electron chi connectivity index (χ1n) is 10.7. The first kappa shape index (κ1) is 21.7. The molecule has 0 N–H and O–H groups in total. The van der Waals surface area contributed by atoms with Crippen LogP contribution in [0.5, 0.6) is 0 Å². The summed E-state index contributed by atoms with van der Waals surface area (Å²) in [5, 5.41) is 8.74. The number of benzene rings is 1. The molecule has 30 heavy (non-hydrogen) atoms. The fourth-order valence-electron chi connectivity index (χ4n) is 3.62. The Labute approximate surface area is 178 Å². The van der Waals surface area contributed by atoms with Crippen LogP contribution in [0, 0.1) is 5.92 Å². The molecule has 1 aliphatic rings. The first-order valence-corrected chi connectivity index (χ1v) is 10.7. The number of anilines is 1. The third-order valence-electron chi connectivity index (χ3n) is 5.24. The molecule has 3 rings (SSSR count). The van der Waals surface area contributed by atoms with Crippen molar-refractivity contribution < 1.29 is 9.59 Å². The van der Waals surface area contributed by atoms with E-state index in [1.165, 1.54) is 0 Å². The van der Waals surface area contributed by atoms with Crippen molar-refractivity contribution in [3.63, 3.8) is 0 Å². The number of carbonyl (C=O) groups excluding carboxylic acids is 2. The van der Waals surface area contributed by atoms with Gasteiger partial charge in [0.1, 0.15) is 0 Å². The fourth-order valence-corrected chi connectivity index (χ4v) is 3.62. The molecule has 160 valence electrons. The van der Waals surface area contributed by atoms with Gasteiger partial charge in [-0.25, -0.2) is 0 Å². The molecule has 0 atom stereocenters. The number of nitrogens with zero attached hydrogens (tertiary/aromatic N) is 5. The highest BCUT2D eigenvalue weighted by Gasteiger charge is 2.25. The normalized spacial score (nSPS) is 14.1. The van der Waals surface area contributed by atoms with Gasteiger partial charge in [-0.15, -0.1) is 10.2 Å².